The largest absolute Gasteiger partial charge is 0.448 e. The average molecular weight is 479 g/mol. The smallest absolute Gasteiger partial charge is 0.194 e. The summed E-state index contributed by atoms with van der Waals surface area (Å²) in [5.41, 5.74) is 11.8. The Morgan fingerprint density at radius 3 is 2.29 bits per heavy atom. The van der Waals surface area contributed by atoms with E-state index in [9.17, 15) is 4.79 Å². The van der Waals surface area contributed by atoms with Crippen LogP contribution in [0.3, 0.4) is 0 Å². The summed E-state index contributed by atoms with van der Waals surface area (Å²) in [5.74, 6) is 1.26. The highest BCUT2D eigenvalue weighted by Gasteiger charge is 2.37. The van der Waals surface area contributed by atoms with E-state index in [-0.39, 0.29) is 10.8 Å². The van der Waals surface area contributed by atoms with Crippen LogP contribution < -0.4 is 5.73 Å². The number of aromatic nitrogens is 1. The lowest BCUT2D eigenvalue weighted by atomic mass is 9.63. The predicted molar refractivity (Wildman–Crippen MR) is 148 cm³/mol. The van der Waals surface area contributed by atoms with Gasteiger partial charge in [-0.05, 0) is 74.0 Å². The Hall–Kier alpha value is -2.46. The molecule has 0 spiro atoms. The second-order valence-electron chi connectivity index (χ2n) is 11.1. The fourth-order valence-electron chi connectivity index (χ4n) is 4.33. The Bertz CT molecular complexity index is 993. The molecular weight excluding hydrogens is 432 g/mol. The van der Waals surface area contributed by atoms with Gasteiger partial charge in [-0.2, -0.15) is 0 Å². The van der Waals surface area contributed by atoms with Gasteiger partial charge in [0.25, 0.3) is 0 Å². The molecule has 0 bridgehead atoms. The molecule has 1 heterocycles. The maximum atomic E-state index is 9.79. The molecule has 4 rings (SSSR count). The molecule has 1 aromatic carbocycles. The van der Waals surface area contributed by atoms with Crippen LogP contribution in [-0.4, -0.2) is 17.8 Å². The summed E-state index contributed by atoms with van der Waals surface area (Å²) in [4.78, 5) is 14.5. The van der Waals surface area contributed by atoms with E-state index in [2.05, 4.69) is 72.4 Å². The van der Waals surface area contributed by atoms with E-state index in [1.807, 2.05) is 6.26 Å². The van der Waals surface area contributed by atoms with Crippen LogP contribution in [0.5, 0.6) is 0 Å². The Kier molecular flexibility index (Phi) is 10.7. The van der Waals surface area contributed by atoms with Crippen LogP contribution in [0.25, 0.3) is 11.3 Å². The first-order chi connectivity index (χ1) is 16.6. The first-order valence-electron chi connectivity index (χ1n) is 13.1. The molecule has 2 N–H and O–H groups in total. The lowest BCUT2D eigenvalue weighted by molar-refractivity contribution is -0.113. The minimum atomic E-state index is 0.219. The maximum Gasteiger partial charge on any atom is 0.194 e. The van der Waals surface area contributed by atoms with Crippen LogP contribution in [0.4, 0.5) is 0 Å². The highest BCUT2D eigenvalue weighted by molar-refractivity contribution is 5.62. The molecule has 1 aromatic heterocycles. The minimum absolute atomic E-state index is 0.219. The van der Waals surface area contributed by atoms with E-state index in [1.54, 1.807) is 6.08 Å². The molecule has 35 heavy (non-hydrogen) atoms. The minimum Gasteiger partial charge on any atom is -0.448 e. The number of aryl methyl sites for hydroxylation is 1. The molecule has 2 aliphatic rings. The molecule has 1 fully saturated rings. The Labute approximate surface area is 213 Å². The summed E-state index contributed by atoms with van der Waals surface area (Å²) in [7, 11) is 0. The molecule has 0 aliphatic heterocycles. The number of rotatable bonds is 6. The summed E-state index contributed by atoms with van der Waals surface area (Å²) in [6, 6.07) is 6.86. The number of benzene rings is 1. The van der Waals surface area contributed by atoms with E-state index in [1.165, 1.54) is 41.5 Å². The zero-order valence-electron chi connectivity index (χ0n) is 22.8. The van der Waals surface area contributed by atoms with Gasteiger partial charge in [0.15, 0.2) is 5.89 Å². The third kappa shape index (κ3) is 8.03. The molecule has 0 saturated heterocycles. The van der Waals surface area contributed by atoms with Gasteiger partial charge in [-0.15, -0.1) is 6.58 Å². The topological polar surface area (TPSA) is 69.1 Å². The van der Waals surface area contributed by atoms with E-state index in [0.717, 1.165) is 43.6 Å². The van der Waals surface area contributed by atoms with Crippen molar-refractivity contribution >= 4 is 6.29 Å². The molecule has 2 aliphatic carbocycles. The van der Waals surface area contributed by atoms with Crippen LogP contribution in [0.15, 0.2) is 53.2 Å². The third-order valence-corrected chi connectivity index (χ3v) is 7.44. The number of hydrogen-bond donors (Lipinski definition) is 1. The average Bonchev–Trinajstić information content (AvgIpc) is 3.29. The van der Waals surface area contributed by atoms with E-state index in [0.29, 0.717) is 12.5 Å². The molecule has 192 valence electrons. The summed E-state index contributed by atoms with van der Waals surface area (Å²) in [6.07, 6.45) is 14.6. The van der Waals surface area contributed by atoms with Gasteiger partial charge in [0.2, 0.25) is 0 Å². The number of aldehydes is 1. The van der Waals surface area contributed by atoms with Crippen LogP contribution >= 0.6 is 0 Å². The molecule has 0 radical (unpaired) electrons. The fraction of sp³-hybridized carbons (Fsp3) is 0.548. The van der Waals surface area contributed by atoms with Crippen LogP contribution in [0.2, 0.25) is 0 Å². The van der Waals surface area contributed by atoms with Crippen LogP contribution in [0.1, 0.15) is 97.1 Å². The Balaban J connectivity index is 0.000000360. The van der Waals surface area contributed by atoms with Crippen molar-refractivity contribution in [3.63, 3.8) is 0 Å². The standard InChI is InChI=1S/C23H31NO.C5H8O.C3H7N/c1-7-16(2)8-11-21-24-20(15-25-21)17-9-10-18-19(14-17)23(5,6)13-12-22(18,3)4;6-4-5-2-1-3-5;1-2-3-4/h7,9-10,14-15H,8,11-13H2,1-6H3;4-5H,1-3H2;2H,1,3-4H2/b16-7+;;. The molecular formula is C31H46N2O2. The van der Waals surface area contributed by atoms with Gasteiger partial charge in [-0.3, -0.25) is 0 Å². The predicted octanol–water partition coefficient (Wildman–Crippen LogP) is 7.71. The van der Waals surface area contributed by atoms with Gasteiger partial charge in [0.05, 0.1) is 0 Å². The molecule has 1 saturated carbocycles. The van der Waals surface area contributed by atoms with Gasteiger partial charge in [0.1, 0.15) is 18.2 Å². The van der Waals surface area contributed by atoms with Crippen LogP contribution in [0, 0.1) is 5.92 Å². The lowest BCUT2D eigenvalue weighted by Gasteiger charge is -2.42. The number of allylic oxidation sites excluding steroid dienone is 2. The zero-order valence-corrected chi connectivity index (χ0v) is 22.8. The highest BCUT2D eigenvalue weighted by atomic mass is 16.3. The van der Waals surface area contributed by atoms with Crippen molar-refractivity contribution in [1.82, 2.24) is 4.98 Å². The SMILES string of the molecule is C/C=C(\C)CCc1nc(-c2ccc3c(c2)C(C)(C)CCC3(C)C)co1.C=CCN.O=CC1CCC1. The van der Waals surface area contributed by atoms with Gasteiger partial charge < -0.3 is 14.9 Å². The van der Waals surface area contributed by atoms with Crippen LogP contribution in [-0.2, 0) is 22.0 Å². The quantitative estimate of drug-likeness (QED) is 0.341. The van der Waals surface area contributed by atoms with Gasteiger partial charge >= 0.3 is 0 Å². The normalized spacial score (nSPS) is 18.1. The lowest BCUT2D eigenvalue weighted by Crippen LogP contribution is -2.33. The van der Waals surface area contributed by atoms with Crippen molar-refractivity contribution in [1.29, 1.82) is 0 Å². The van der Waals surface area contributed by atoms with Crippen molar-refractivity contribution < 1.29 is 9.21 Å². The summed E-state index contributed by atoms with van der Waals surface area (Å²) in [5, 5.41) is 0. The fourth-order valence-corrected chi connectivity index (χ4v) is 4.33. The molecule has 4 nitrogen and oxygen atoms in total. The summed E-state index contributed by atoms with van der Waals surface area (Å²) in [6.45, 7) is 17.6. The zero-order chi connectivity index (χ0) is 26.1. The Morgan fingerprint density at radius 2 is 1.80 bits per heavy atom. The van der Waals surface area contributed by atoms with Crippen molar-refractivity contribution in [2.45, 2.75) is 97.3 Å². The molecule has 0 atom stereocenters. The highest BCUT2D eigenvalue weighted by Crippen LogP contribution is 2.46. The summed E-state index contributed by atoms with van der Waals surface area (Å²) >= 11 is 0. The summed E-state index contributed by atoms with van der Waals surface area (Å²) < 4.78 is 5.71. The number of fused-ring (bicyclic) bond motifs is 1. The van der Waals surface area contributed by atoms with Crippen molar-refractivity contribution in [2.75, 3.05) is 6.54 Å². The number of nitrogens with zero attached hydrogens (tertiary/aromatic N) is 1. The first kappa shape index (κ1) is 28.8. The van der Waals surface area contributed by atoms with Crippen molar-refractivity contribution in [3.05, 3.63) is 65.8 Å². The van der Waals surface area contributed by atoms with Gasteiger partial charge in [-0.25, -0.2) is 4.98 Å². The van der Waals surface area contributed by atoms with Gasteiger partial charge in [-0.1, -0.05) is 64.0 Å². The van der Waals surface area contributed by atoms with Gasteiger partial charge in [0, 0.05) is 24.4 Å². The van der Waals surface area contributed by atoms with Crippen molar-refractivity contribution in [2.24, 2.45) is 11.7 Å². The maximum absolute atomic E-state index is 9.79. The number of nitrogens with two attached hydrogens (primary N) is 1. The monoisotopic (exact) mass is 478 g/mol. The number of carbonyl (C=O) groups is 1. The van der Waals surface area contributed by atoms with Crippen molar-refractivity contribution in [3.8, 4) is 11.3 Å². The third-order valence-electron chi connectivity index (χ3n) is 7.44. The van der Waals surface area contributed by atoms with E-state index >= 15 is 0 Å². The molecule has 4 heteroatoms. The first-order valence-corrected chi connectivity index (χ1v) is 13.1. The number of carbonyl (C=O) groups excluding carboxylic acids is 1. The molecule has 2 aromatic rings. The second kappa shape index (κ2) is 13.0. The second-order valence-corrected chi connectivity index (χ2v) is 11.1. The molecule has 0 unspecified atom stereocenters. The molecule has 0 amide bonds. The van der Waals surface area contributed by atoms with E-state index < -0.39 is 0 Å². The number of oxazole rings is 1. The van der Waals surface area contributed by atoms with E-state index in [4.69, 9.17) is 15.1 Å². The number of hydrogen-bond acceptors (Lipinski definition) is 4. The Morgan fingerprint density at radius 1 is 1.17 bits per heavy atom.